The van der Waals surface area contributed by atoms with Gasteiger partial charge in [-0.05, 0) is 105 Å². The minimum atomic E-state index is -0.380. The molecule has 3 rings (SSSR count). The number of benzene rings is 2. The summed E-state index contributed by atoms with van der Waals surface area (Å²) in [7, 11) is 0. The predicted molar refractivity (Wildman–Crippen MR) is 135 cm³/mol. The van der Waals surface area contributed by atoms with E-state index < -0.39 is 0 Å². The van der Waals surface area contributed by atoms with Crippen molar-refractivity contribution in [2.24, 2.45) is 0 Å². The number of ether oxygens (including phenoxy) is 2. The van der Waals surface area contributed by atoms with Crippen molar-refractivity contribution in [3.8, 4) is 23.8 Å². The number of hydrogen-bond acceptors (Lipinski definition) is 5. The summed E-state index contributed by atoms with van der Waals surface area (Å²) in [6, 6.07) is 11.8. The van der Waals surface area contributed by atoms with E-state index in [0.717, 1.165) is 34.9 Å². The Morgan fingerprint density at radius 3 is 2.57 bits per heavy atom. The molecule has 1 heterocycles. The lowest BCUT2D eigenvalue weighted by Gasteiger charge is -2.15. The largest absolute Gasteiger partial charge is 0.490 e. The molecule has 1 saturated heterocycles. The van der Waals surface area contributed by atoms with E-state index in [1.54, 1.807) is 6.08 Å². The minimum absolute atomic E-state index is 0.0327. The second kappa shape index (κ2) is 10.5. The Bertz CT molecular complexity index is 1040. The first-order valence-electron chi connectivity index (χ1n) is 8.95. The van der Waals surface area contributed by atoms with Crippen LogP contribution in [0.1, 0.15) is 18.1 Å². The van der Waals surface area contributed by atoms with Gasteiger partial charge >= 0.3 is 0 Å². The molecule has 0 aromatic heterocycles. The van der Waals surface area contributed by atoms with Crippen molar-refractivity contribution >= 4 is 74.2 Å². The molecule has 5 nitrogen and oxygen atoms in total. The smallest absolute Gasteiger partial charge is 0.294 e. The summed E-state index contributed by atoms with van der Waals surface area (Å²) < 4.78 is 13.8. The van der Waals surface area contributed by atoms with Gasteiger partial charge in [0.25, 0.3) is 11.1 Å². The molecule has 2 aromatic rings. The van der Waals surface area contributed by atoms with Crippen LogP contribution in [0.3, 0.4) is 0 Å². The molecule has 0 bridgehead atoms. The third-order valence-corrected chi connectivity index (χ3v) is 6.48. The van der Waals surface area contributed by atoms with Crippen LogP contribution in [0.25, 0.3) is 6.08 Å². The number of rotatable bonds is 7. The van der Waals surface area contributed by atoms with Crippen LogP contribution < -0.4 is 9.47 Å². The first-order valence-corrected chi connectivity index (χ1v) is 11.9. The Hall–Kier alpha value is -1.71. The van der Waals surface area contributed by atoms with E-state index in [9.17, 15) is 9.59 Å². The lowest BCUT2D eigenvalue weighted by molar-refractivity contribution is -0.122. The minimum Gasteiger partial charge on any atom is -0.490 e. The first-order chi connectivity index (χ1) is 14.4. The van der Waals surface area contributed by atoms with Crippen molar-refractivity contribution in [3.05, 3.63) is 59.6 Å². The fourth-order valence-electron chi connectivity index (χ4n) is 2.69. The maximum atomic E-state index is 12.4. The Morgan fingerprint density at radius 1 is 1.17 bits per heavy atom. The molecule has 1 aliphatic rings. The maximum absolute atomic E-state index is 12.4. The predicted octanol–water partition coefficient (Wildman–Crippen LogP) is 5.54. The number of terminal acetylenes is 1. The van der Waals surface area contributed by atoms with Gasteiger partial charge in [0.1, 0.15) is 6.61 Å². The second-order valence-corrected chi connectivity index (χ2v) is 9.55. The number of thioether (sulfide) groups is 1. The van der Waals surface area contributed by atoms with Gasteiger partial charge in [-0.15, -0.1) is 6.42 Å². The zero-order chi connectivity index (χ0) is 21.7. The monoisotopic (exact) mass is 645 g/mol. The van der Waals surface area contributed by atoms with Crippen molar-refractivity contribution in [3.63, 3.8) is 0 Å². The second-order valence-electron chi connectivity index (χ2n) is 6.15. The zero-order valence-corrected chi connectivity index (χ0v) is 21.1. The summed E-state index contributed by atoms with van der Waals surface area (Å²) in [6.45, 7) is 2.75. The van der Waals surface area contributed by atoms with E-state index in [2.05, 4.69) is 51.1 Å². The number of hydrogen-bond donors (Lipinski definition) is 0. The molecule has 0 atom stereocenters. The van der Waals surface area contributed by atoms with Crippen LogP contribution in [0.15, 0.2) is 41.3 Å². The number of nitrogens with zero attached hydrogens (tertiary/aromatic N) is 1. The van der Waals surface area contributed by atoms with Crippen molar-refractivity contribution in [1.82, 2.24) is 4.90 Å². The van der Waals surface area contributed by atoms with Gasteiger partial charge in [0.15, 0.2) is 11.5 Å². The highest BCUT2D eigenvalue weighted by molar-refractivity contribution is 14.1. The van der Waals surface area contributed by atoms with E-state index in [1.165, 1.54) is 0 Å². The number of halogens is 2. The Kier molecular flexibility index (Phi) is 8.07. The lowest BCUT2D eigenvalue weighted by Crippen LogP contribution is -2.28. The molecule has 0 aliphatic carbocycles. The summed E-state index contributed by atoms with van der Waals surface area (Å²) >= 11 is 5.33. The Balaban J connectivity index is 1.86. The first kappa shape index (κ1) is 23.0. The molecule has 0 radical (unpaired) electrons. The lowest BCUT2D eigenvalue weighted by atomic mass is 10.1. The normalized spacial score (nSPS) is 14.9. The Morgan fingerprint density at radius 2 is 1.90 bits per heavy atom. The number of amides is 2. The van der Waals surface area contributed by atoms with Gasteiger partial charge < -0.3 is 9.47 Å². The highest BCUT2D eigenvalue weighted by atomic mass is 127. The molecular formula is C22H17I2NO4S. The zero-order valence-electron chi connectivity index (χ0n) is 16.0. The molecule has 0 unspecified atom stereocenters. The fraction of sp³-hybridized carbons (Fsp3) is 0.182. The average molecular weight is 645 g/mol. The van der Waals surface area contributed by atoms with Gasteiger partial charge in [-0.3, -0.25) is 14.5 Å². The van der Waals surface area contributed by atoms with E-state index in [0.29, 0.717) is 29.6 Å². The van der Waals surface area contributed by atoms with Crippen LogP contribution in [0.5, 0.6) is 11.5 Å². The molecule has 154 valence electrons. The van der Waals surface area contributed by atoms with Crippen LogP contribution in [0, 0.1) is 19.5 Å². The molecule has 1 fully saturated rings. The van der Waals surface area contributed by atoms with Gasteiger partial charge in [-0.1, -0.05) is 18.1 Å². The number of carbonyl (C=O) groups excluding carboxylic acids is 2. The Labute approximate surface area is 206 Å². The van der Waals surface area contributed by atoms with E-state index in [4.69, 9.17) is 15.9 Å². The van der Waals surface area contributed by atoms with Crippen LogP contribution in [0.4, 0.5) is 4.79 Å². The highest BCUT2D eigenvalue weighted by Gasteiger charge is 2.34. The topological polar surface area (TPSA) is 55.8 Å². The summed E-state index contributed by atoms with van der Waals surface area (Å²) in [5.41, 5.74) is 1.80. The molecule has 1 aliphatic heterocycles. The molecule has 30 heavy (non-hydrogen) atoms. The van der Waals surface area contributed by atoms with Crippen LogP contribution in [-0.2, 0) is 11.4 Å². The molecule has 0 N–H and O–H groups in total. The molecule has 2 amide bonds. The third kappa shape index (κ3) is 5.50. The van der Waals surface area contributed by atoms with E-state index in [1.807, 2.05) is 43.3 Å². The van der Waals surface area contributed by atoms with Gasteiger partial charge in [0.2, 0.25) is 0 Å². The van der Waals surface area contributed by atoms with Crippen LogP contribution >= 0.6 is 56.9 Å². The van der Waals surface area contributed by atoms with Gasteiger partial charge in [-0.25, -0.2) is 0 Å². The third-order valence-electron chi connectivity index (χ3n) is 4.05. The summed E-state index contributed by atoms with van der Waals surface area (Å²) in [6.07, 6.45) is 6.92. The van der Waals surface area contributed by atoms with E-state index in [-0.39, 0.29) is 17.7 Å². The number of carbonyl (C=O) groups is 2. The molecule has 8 heteroatoms. The van der Waals surface area contributed by atoms with Crippen molar-refractivity contribution < 1.29 is 19.1 Å². The molecular weight excluding hydrogens is 628 g/mol. The maximum Gasteiger partial charge on any atom is 0.294 e. The summed E-state index contributed by atoms with van der Waals surface area (Å²) in [4.78, 5) is 25.8. The quantitative estimate of drug-likeness (QED) is 0.225. The van der Waals surface area contributed by atoms with Gasteiger partial charge in [0.05, 0.1) is 21.6 Å². The van der Waals surface area contributed by atoms with Crippen molar-refractivity contribution in [2.75, 3.05) is 13.2 Å². The SMILES string of the molecule is C#CCN1C(=O)S/C(=C/c2cc(I)c(OCc3ccc(I)cc3)c(OCC)c2)C1=O. The van der Waals surface area contributed by atoms with Crippen molar-refractivity contribution in [1.29, 1.82) is 0 Å². The summed E-state index contributed by atoms with van der Waals surface area (Å²) in [5.74, 6) is 3.19. The molecule has 0 saturated carbocycles. The highest BCUT2D eigenvalue weighted by Crippen LogP contribution is 2.37. The number of imide groups is 1. The van der Waals surface area contributed by atoms with Crippen LogP contribution in [0.2, 0.25) is 0 Å². The van der Waals surface area contributed by atoms with Crippen LogP contribution in [-0.4, -0.2) is 29.2 Å². The van der Waals surface area contributed by atoms with Gasteiger partial charge in [-0.2, -0.15) is 0 Å². The summed E-state index contributed by atoms with van der Waals surface area (Å²) in [5, 5.41) is -0.360. The standard InChI is InChI=1S/C22H17I2NO4S/c1-3-9-25-21(26)19(30-22(25)27)12-15-10-17(24)20(18(11-15)28-4-2)29-13-14-5-7-16(23)8-6-14/h1,5-8,10-12H,4,9,13H2,2H3/b19-12+. The van der Waals surface area contributed by atoms with Crippen molar-refractivity contribution in [2.45, 2.75) is 13.5 Å². The average Bonchev–Trinajstić information content (AvgIpc) is 2.97. The van der Waals surface area contributed by atoms with E-state index >= 15 is 0 Å². The van der Waals surface area contributed by atoms with Gasteiger partial charge in [0, 0.05) is 3.57 Å². The molecule has 0 spiro atoms. The fourth-order valence-corrected chi connectivity index (χ4v) is 4.67. The molecule has 2 aromatic carbocycles.